The van der Waals surface area contributed by atoms with E-state index in [0.29, 0.717) is 12.1 Å². The highest BCUT2D eigenvalue weighted by Gasteiger charge is 2.05. The van der Waals surface area contributed by atoms with Gasteiger partial charge in [0, 0.05) is 24.1 Å². The lowest BCUT2D eigenvalue weighted by Gasteiger charge is -2.07. The Kier molecular flexibility index (Phi) is 3.99. The van der Waals surface area contributed by atoms with Gasteiger partial charge in [0.2, 0.25) is 0 Å². The van der Waals surface area contributed by atoms with Gasteiger partial charge in [0.05, 0.1) is 0 Å². The predicted octanol–water partition coefficient (Wildman–Crippen LogP) is 2.39. The summed E-state index contributed by atoms with van der Waals surface area (Å²) < 4.78 is 5.07. The van der Waals surface area contributed by atoms with Gasteiger partial charge in [0.1, 0.15) is 11.3 Å². The monoisotopic (exact) mass is 247 g/mol. The lowest BCUT2D eigenvalue weighted by molar-refractivity contribution is 0.473. The van der Waals surface area contributed by atoms with E-state index in [4.69, 9.17) is 4.42 Å². The zero-order valence-corrected chi connectivity index (χ0v) is 10.4. The van der Waals surface area contributed by atoms with E-state index in [9.17, 15) is 9.90 Å². The van der Waals surface area contributed by atoms with Crippen molar-refractivity contribution in [3.63, 3.8) is 0 Å². The van der Waals surface area contributed by atoms with Gasteiger partial charge in [-0.3, -0.25) is 0 Å². The van der Waals surface area contributed by atoms with E-state index in [-0.39, 0.29) is 11.4 Å². The summed E-state index contributed by atoms with van der Waals surface area (Å²) in [6.07, 6.45) is 2.25. The van der Waals surface area contributed by atoms with Gasteiger partial charge >= 0.3 is 5.63 Å². The van der Waals surface area contributed by atoms with E-state index in [2.05, 4.69) is 12.2 Å². The first-order valence-electron chi connectivity index (χ1n) is 6.17. The minimum atomic E-state index is -0.389. The molecule has 1 heterocycles. The summed E-state index contributed by atoms with van der Waals surface area (Å²) in [7, 11) is 0. The lowest BCUT2D eigenvalue weighted by Crippen LogP contribution is -2.16. The zero-order chi connectivity index (χ0) is 13.0. The third kappa shape index (κ3) is 2.90. The van der Waals surface area contributed by atoms with E-state index in [1.807, 2.05) is 0 Å². The molecule has 0 atom stereocenters. The van der Waals surface area contributed by atoms with Crippen LogP contribution in [0.25, 0.3) is 11.0 Å². The van der Waals surface area contributed by atoms with Gasteiger partial charge < -0.3 is 14.8 Å². The van der Waals surface area contributed by atoms with Gasteiger partial charge in [-0.1, -0.05) is 13.3 Å². The summed E-state index contributed by atoms with van der Waals surface area (Å²) >= 11 is 0. The fourth-order valence-electron chi connectivity index (χ4n) is 1.89. The topological polar surface area (TPSA) is 62.5 Å². The van der Waals surface area contributed by atoms with Crippen molar-refractivity contribution in [2.45, 2.75) is 26.3 Å². The molecule has 4 heteroatoms. The number of phenolic OH excluding ortho intramolecular Hbond substituents is 1. The number of nitrogens with one attached hydrogen (secondary N) is 1. The zero-order valence-electron chi connectivity index (χ0n) is 10.4. The second-order valence-corrected chi connectivity index (χ2v) is 4.30. The molecule has 2 aromatic rings. The molecular weight excluding hydrogens is 230 g/mol. The maximum atomic E-state index is 11.4. The number of hydrogen-bond acceptors (Lipinski definition) is 4. The molecule has 0 aliphatic rings. The number of benzene rings is 1. The first kappa shape index (κ1) is 12.6. The SMILES string of the molecule is CCCCNCc1cc(=O)oc2cc(O)ccc12. The molecule has 1 aromatic carbocycles. The number of hydrogen-bond donors (Lipinski definition) is 2. The molecule has 0 bridgehead atoms. The smallest absolute Gasteiger partial charge is 0.336 e. The number of unbranched alkanes of at least 4 members (excludes halogenated alkanes) is 1. The Hall–Kier alpha value is -1.81. The highest BCUT2D eigenvalue weighted by atomic mass is 16.4. The molecule has 96 valence electrons. The van der Waals surface area contributed by atoms with Gasteiger partial charge in [-0.15, -0.1) is 0 Å². The first-order chi connectivity index (χ1) is 8.70. The van der Waals surface area contributed by atoms with Gasteiger partial charge in [-0.05, 0) is 30.7 Å². The van der Waals surface area contributed by atoms with Crippen LogP contribution in [0.1, 0.15) is 25.3 Å². The highest BCUT2D eigenvalue weighted by Crippen LogP contribution is 2.21. The van der Waals surface area contributed by atoms with Crippen molar-refractivity contribution in [2.24, 2.45) is 0 Å². The summed E-state index contributed by atoms with van der Waals surface area (Å²) in [5.74, 6) is 0.0988. The van der Waals surface area contributed by atoms with Crippen LogP contribution in [0, 0.1) is 0 Å². The van der Waals surface area contributed by atoms with Gasteiger partial charge in [-0.2, -0.15) is 0 Å². The summed E-state index contributed by atoms with van der Waals surface area (Å²) in [6.45, 7) is 3.69. The maximum Gasteiger partial charge on any atom is 0.336 e. The Morgan fingerprint density at radius 1 is 1.33 bits per heavy atom. The first-order valence-corrected chi connectivity index (χ1v) is 6.17. The second-order valence-electron chi connectivity index (χ2n) is 4.30. The molecule has 0 radical (unpaired) electrons. The van der Waals surface area contributed by atoms with Crippen molar-refractivity contribution in [2.75, 3.05) is 6.54 Å². The molecule has 0 unspecified atom stereocenters. The van der Waals surface area contributed by atoms with Crippen LogP contribution >= 0.6 is 0 Å². The summed E-state index contributed by atoms with van der Waals surface area (Å²) in [6, 6.07) is 6.33. The minimum Gasteiger partial charge on any atom is -0.508 e. The average molecular weight is 247 g/mol. The summed E-state index contributed by atoms with van der Waals surface area (Å²) in [4.78, 5) is 11.4. The average Bonchev–Trinajstić information content (AvgIpc) is 2.33. The second kappa shape index (κ2) is 5.69. The van der Waals surface area contributed by atoms with E-state index in [0.717, 1.165) is 30.3 Å². The Balaban J connectivity index is 2.28. The Morgan fingerprint density at radius 2 is 2.17 bits per heavy atom. The molecule has 1 aromatic heterocycles. The van der Waals surface area contributed by atoms with Crippen LogP contribution < -0.4 is 10.9 Å². The number of aromatic hydroxyl groups is 1. The van der Waals surface area contributed by atoms with Crippen LogP contribution in [0.5, 0.6) is 5.75 Å². The molecule has 4 nitrogen and oxygen atoms in total. The Labute approximate surface area is 105 Å². The largest absolute Gasteiger partial charge is 0.508 e. The number of rotatable bonds is 5. The summed E-state index contributed by atoms with van der Waals surface area (Å²) in [5.41, 5.74) is 0.938. The van der Waals surface area contributed by atoms with Gasteiger partial charge in [0.25, 0.3) is 0 Å². The third-order valence-electron chi connectivity index (χ3n) is 2.84. The molecule has 2 rings (SSSR count). The molecule has 0 saturated heterocycles. The molecule has 0 saturated carbocycles. The predicted molar refractivity (Wildman–Crippen MR) is 70.8 cm³/mol. The fraction of sp³-hybridized carbons (Fsp3) is 0.357. The van der Waals surface area contributed by atoms with E-state index < -0.39 is 0 Å². The standard InChI is InChI=1S/C14H17NO3/c1-2-3-6-15-9-10-7-14(17)18-13-8-11(16)4-5-12(10)13/h4-5,7-8,15-16H,2-3,6,9H2,1H3. The van der Waals surface area contributed by atoms with E-state index >= 15 is 0 Å². The van der Waals surface area contributed by atoms with Crippen molar-refractivity contribution >= 4 is 11.0 Å². The molecule has 2 N–H and O–H groups in total. The van der Waals surface area contributed by atoms with Gasteiger partial charge in [0.15, 0.2) is 0 Å². The third-order valence-corrected chi connectivity index (χ3v) is 2.84. The van der Waals surface area contributed by atoms with Crippen molar-refractivity contribution in [3.8, 4) is 5.75 Å². The quantitative estimate of drug-likeness (QED) is 0.629. The lowest BCUT2D eigenvalue weighted by atomic mass is 10.1. The fourth-order valence-corrected chi connectivity index (χ4v) is 1.89. The number of phenols is 1. The molecule has 0 aliphatic carbocycles. The molecule has 0 aliphatic heterocycles. The van der Waals surface area contributed by atoms with Crippen LogP contribution in [-0.4, -0.2) is 11.7 Å². The molecule has 0 amide bonds. The Bertz CT molecular complexity index is 589. The Morgan fingerprint density at radius 3 is 2.94 bits per heavy atom. The molecule has 0 spiro atoms. The van der Waals surface area contributed by atoms with Crippen LogP contribution in [0.15, 0.2) is 33.5 Å². The van der Waals surface area contributed by atoms with Crippen molar-refractivity contribution in [3.05, 3.63) is 40.2 Å². The number of fused-ring (bicyclic) bond motifs is 1. The van der Waals surface area contributed by atoms with Crippen LogP contribution in [-0.2, 0) is 6.54 Å². The minimum absolute atomic E-state index is 0.0988. The van der Waals surface area contributed by atoms with E-state index in [1.54, 1.807) is 12.1 Å². The van der Waals surface area contributed by atoms with Crippen molar-refractivity contribution < 1.29 is 9.52 Å². The maximum absolute atomic E-state index is 11.4. The normalized spacial score (nSPS) is 10.9. The summed E-state index contributed by atoms with van der Waals surface area (Å²) in [5, 5.41) is 13.5. The van der Waals surface area contributed by atoms with E-state index in [1.165, 1.54) is 12.1 Å². The van der Waals surface area contributed by atoms with Crippen LogP contribution in [0.4, 0.5) is 0 Å². The highest BCUT2D eigenvalue weighted by molar-refractivity contribution is 5.81. The van der Waals surface area contributed by atoms with Crippen LogP contribution in [0.2, 0.25) is 0 Å². The molecule has 18 heavy (non-hydrogen) atoms. The van der Waals surface area contributed by atoms with Gasteiger partial charge in [-0.25, -0.2) is 4.79 Å². The molecular formula is C14H17NO3. The van der Waals surface area contributed by atoms with Crippen molar-refractivity contribution in [1.29, 1.82) is 0 Å². The molecule has 0 fully saturated rings. The van der Waals surface area contributed by atoms with Crippen molar-refractivity contribution in [1.82, 2.24) is 5.32 Å². The van der Waals surface area contributed by atoms with Crippen LogP contribution in [0.3, 0.4) is 0 Å².